The van der Waals surface area contributed by atoms with E-state index in [1.165, 1.54) is 32.1 Å². The van der Waals surface area contributed by atoms with E-state index in [0.717, 1.165) is 6.42 Å². The molecule has 0 atom stereocenters. The Kier molecular flexibility index (Phi) is 10.3. The zero-order chi connectivity index (χ0) is 12.3. The number of unbranched alkanes of at least 4 members (excludes halogenated alkanes) is 5. The van der Waals surface area contributed by atoms with Crippen molar-refractivity contribution in [3.63, 3.8) is 0 Å². The summed E-state index contributed by atoms with van der Waals surface area (Å²) in [5.74, 6) is 0. The molecular weight excluding hydrogens is 224 g/mol. The van der Waals surface area contributed by atoms with Gasteiger partial charge in [-0.15, -0.1) is 0 Å². The topological polar surface area (TPSA) is 36.9 Å². The lowest BCUT2D eigenvalue weighted by molar-refractivity contribution is 0.00504. The normalized spacial score (nSPS) is 12.0. The van der Waals surface area contributed by atoms with Crippen LogP contribution in [0.25, 0.3) is 0 Å². The molecule has 0 rings (SSSR count). The fourth-order valence-corrected chi connectivity index (χ4v) is 2.75. The molecule has 0 amide bonds. The van der Waals surface area contributed by atoms with Crippen LogP contribution in [0.1, 0.15) is 45.4 Å². The van der Waals surface area contributed by atoms with Gasteiger partial charge in [0.15, 0.2) is 0 Å². The molecule has 0 saturated heterocycles. The zero-order valence-corrected chi connectivity index (χ0v) is 12.1. The van der Waals surface area contributed by atoms with Gasteiger partial charge in [0.2, 0.25) is 0 Å². The first-order chi connectivity index (χ1) is 7.74. The Hall–Kier alpha value is 0.0569. The van der Waals surface area contributed by atoms with Crippen LogP contribution in [0.2, 0.25) is 0 Å². The molecule has 0 aliphatic heterocycles. The molecule has 0 aliphatic rings. The van der Waals surface area contributed by atoms with Crippen LogP contribution in [0.5, 0.6) is 0 Å². The Morgan fingerprint density at radius 1 is 0.750 bits per heavy atom. The smallest absolute Gasteiger partial charge is 0.355 e. The second-order valence-corrected chi connectivity index (χ2v) is 6.24. The van der Waals surface area contributed by atoms with E-state index >= 15 is 0 Å². The minimum atomic E-state index is -2.79. The molecule has 0 bridgehead atoms. The fourth-order valence-electron chi connectivity index (χ4n) is 1.51. The molecule has 0 saturated carbocycles. The average molecular weight is 250 g/mol. The third-order valence-electron chi connectivity index (χ3n) is 2.53. The maximum Gasteiger partial charge on any atom is 0.678 e. The van der Waals surface area contributed by atoms with Gasteiger partial charge in [0.25, 0.3) is 0 Å². The van der Waals surface area contributed by atoms with E-state index in [9.17, 15) is 0 Å². The van der Waals surface area contributed by atoms with E-state index < -0.39 is 9.05 Å². The second kappa shape index (κ2) is 10.2. The van der Waals surface area contributed by atoms with Gasteiger partial charge in [0.1, 0.15) is 0 Å². The summed E-state index contributed by atoms with van der Waals surface area (Å²) in [6.07, 6.45) is 7.43. The van der Waals surface area contributed by atoms with Crippen LogP contribution >= 0.6 is 0 Å². The van der Waals surface area contributed by atoms with Crippen LogP contribution in [-0.4, -0.2) is 37.0 Å². The molecule has 0 unspecified atom stereocenters. The molecule has 0 aromatic rings. The van der Waals surface area contributed by atoms with Gasteiger partial charge in [-0.1, -0.05) is 39.0 Å². The van der Waals surface area contributed by atoms with Crippen molar-refractivity contribution < 1.29 is 17.7 Å². The quantitative estimate of drug-likeness (QED) is 0.417. The van der Waals surface area contributed by atoms with Gasteiger partial charge in [-0.2, -0.15) is 0 Å². The summed E-state index contributed by atoms with van der Waals surface area (Å²) in [5.41, 5.74) is 0. The molecule has 0 heterocycles. The molecule has 0 aliphatic carbocycles. The standard InChI is InChI=1S/C11H26O4Si/c1-5-6-7-8-9-10-11-15-16(12-2,13-3)14-4/h5-11H2,1-4H3. The number of hydrogen-bond donors (Lipinski definition) is 0. The largest absolute Gasteiger partial charge is 0.678 e. The Morgan fingerprint density at radius 3 is 1.75 bits per heavy atom. The van der Waals surface area contributed by atoms with E-state index in [4.69, 9.17) is 17.7 Å². The van der Waals surface area contributed by atoms with Crippen LogP contribution in [0.3, 0.4) is 0 Å². The van der Waals surface area contributed by atoms with E-state index in [0.29, 0.717) is 6.61 Å². The minimum Gasteiger partial charge on any atom is -0.355 e. The first-order valence-corrected chi connectivity index (χ1v) is 7.67. The second-order valence-electron chi connectivity index (χ2n) is 3.73. The van der Waals surface area contributed by atoms with Crippen LogP contribution in [-0.2, 0) is 17.7 Å². The molecular formula is C11H26O4Si. The minimum absolute atomic E-state index is 0.647. The van der Waals surface area contributed by atoms with Crippen molar-refractivity contribution in [1.29, 1.82) is 0 Å². The molecule has 0 fully saturated rings. The molecule has 98 valence electrons. The highest BCUT2D eigenvalue weighted by atomic mass is 28.4. The number of hydrogen-bond acceptors (Lipinski definition) is 4. The summed E-state index contributed by atoms with van der Waals surface area (Å²) in [6.45, 7) is 2.87. The van der Waals surface area contributed by atoms with Crippen molar-refractivity contribution in [1.82, 2.24) is 0 Å². The van der Waals surface area contributed by atoms with Gasteiger partial charge >= 0.3 is 9.05 Å². The molecule has 0 spiro atoms. The van der Waals surface area contributed by atoms with Crippen molar-refractivity contribution in [2.24, 2.45) is 0 Å². The average Bonchev–Trinajstić information content (AvgIpc) is 2.34. The van der Waals surface area contributed by atoms with Crippen molar-refractivity contribution in [3.05, 3.63) is 0 Å². The van der Waals surface area contributed by atoms with Crippen LogP contribution < -0.4 is 0 Å². The van der Waals surface area contributed by atoms with Crippen LogP contribution in [0.4, 0.5) is 0 Å². The monoisotopic (exact) mass is 250 g/mol. The third-order valence-corrected chi connectivity index (χ3v) is 4.58. The lowest BCUT2D eigenvalue weighted by Gasteiger charge is -2.22. The SMILES string of the molecule is CCCCCCCCO[Si](OC)(OC)OC. The molecule has 4 nitrogen and oxygen atoms in total. The van der Waals surface area contributed by atoms with Gasteiger partial charge in [0.05, 0.1) is 0 Å². The Labute approximate surface area is 101 Å². The van der Waals surface area contributed by atoms with Crippen molar-refractivity contribution in [2.75, 3.05) is 27.9 Å². The maximum absolute atomic E-state index is 5.56. The van der Waals surface area contributed by atoms with E-state index in [-0.39, 0.29) is 0 Å². The molecule has 0 aromatic carbocycles. The van der Waals surface area contributed by atoms with Crippen LogP contribution in [0.15, 0.2) is 0 Å². The summed E-state index contributed by atoms with van der Waals surface area (Å²) < 4.78 is 21.0. The third kappa shape index (κ3) is 6.60. The van der Waals surface area contributed by atoms with Gasteiger partial charge in [-0.05, 0) is 6.42 Å². The van der Waals surface area contributed by atoms with E-state index in [1.54, 1.807) is 21.3 Å². The predicted octanol–water partition coefficient (Wildman–Crippen LogP) is 2.74. The van der Waals surface area contributed by atoms with Gasteiger partial charge in [0, 0.05) is 27.9 Å². The van der Waals surface area contributed by atoms with Crippen molar-refractivity contribution >= 4 is 9.05 Å². The Morgan fingerprint density at radius 2 is 1.25 bits per heavy atom. The first kappa shape index (κ1) is 16.1. The summed E-state index contributed by atoms with van der Waals surface area (Å²) >= 11 is 0. The molecule has 16 heavy (non-hydrogen) atoms. The molecule has 0 aromatic heterocycles. The molecule has 5 heteroatoms. The maximum atomic E-state index is 5.56. The van der Waals surface area contributed by atoms with Gasteiger partial charge in [-0.3, -0.25) is 0 Å². The Balaban J connectivity index is 3.48. The van der Waals surface area contributed by atoms with Gasteiger partial charge in [-0.25, -0.2) is 0 Å². The highest BCUT2D eigenvalue weighted by Gasteiger charge is 2.41. The van der Waals surface area contributed by atoms with Crippen molar-refractivity contribution in [3.8, 4) is 0 Å². The zero-order valence-electron chi connectivity index (χ0n) is 11.1. The lowest BCUT2D eigenvalue weighted by Crippen LogP contribution is -2.46. The summed E-state index contributed by atoms with van der Waals surface area (Å²) in [6, 6.07) is 0. The summed E-state index contributed by atoms with van der Waals surface area (Å²) in [4.78, 5) is 0. The predicted molar refractivity (Wildman–Crippen MR) is 66.1 cm³/mol. The molecule has 0 radical (unpaired) electrons. The first-order valence-electron chi connectivity index (χ1n) is 6.04. The van der Waals surface area contributed by atoms with E-state index in [2.05, 4.69) is 6.92 Å². The van der Waals surface area contributed by atoms with Crippen molar-refractivity contribution in [2.45, 2.75) is 45.4 Å². The Bertz CT molecular complexity index is 143. The number of rotatable bonds is 11. The van der Waals surface area contributed by atoms with Gasteiger partial charge < -0.3 is 17.7 Å². The highest BCUT2D eigenvalue weighted by molar-refractivity contribution is 6.53. The fraction of sp³-hybridized carbons (Fsp3) is 1.00. The summed E-state index contributed by atoms with van der Waals surface area (Å²) in [7, 11) is 1.88. The molecule has 0 N–H and O–H groups in total. The van der Waals surface area contributed by atoms with Crippen LogP contribution in [0, 0.1) is 0 Å². The highest BCUT2D eigenvalue weighted by Crippen LogP contribution is 2.10. The van der Waals surface area contributed by atoms with E-state index in [1.807, 2.05) is 0 Å². The summed E-state index contributed by atoms with van der Waals surface area (Å²) in [5, 5.41) is 0. The lowest BCUT2D eigenvalue weighted by atomic mass is 10.1.